The van der Waals surface area contributed by atoms with Gasteiger partial charge >= 0.3 is 0 Å². The molecule has 4 aliphatic rings. The molecule has 0 saturated carbocycles. The van der Waals surface area contributed by atoms with Crippen LogP contribution >= 0.6 is 11.8 Å². The molecule has 5 N–H and O–H groups in total. The highest BCUT2D eigenvalue weighted by Crippen LogP contribution is 2.34. The van der Waals surface area contributed by atoms with E-state index in [4.69, 9.17) is 4.74 Å². The summed E-state index contributed by atoms with van der Waals surface area (Å²) in [6, 6.07) is 20.0. The predicted octanol–water partition coefficient (Wildman–Crippen LogP) is 2.97. The first kappa shape index (κ1) is 46.4. The second kappa shape index (κ2) is 20.9. The quantitative estimate of drug-likeness (QED) is 0.0864. The van der Waals surface area contributed by atoms with E-state index in [9.17, 15) is 42.0 Å². The van der Waals surface area contributed by atoms with Crippen molar-refractivity contribution in [1.82, 2.24) is 35.8 Å². The minimum atomic E-state index is -3.36. The average Bonchev–Trinajstić information content (AvgIpc) is 4.03. The summed E-state index contributed by atoms with van der Waals surface area (Å²) >= 11 is 1.56. The summed E-state index contributed by atoms with van der Waals surface area (Å²) in [5.74, 6) is -2.43. The number of imide groups is 2. The number of thioether (sulfide) groups is 1. The number of carbonyl (C=O) groups excluding carboxylic acids is 7. The van der Waals surface area contributed by atoms with Crippen LogP contribution in [0.4, 0.5) is 0 Å². The molecule has 0 bridgehead atoms. The Hall–Kier alpha value is -5.63. The van der Waals surface area contributed by atoms with E-state index in [-0.39, 0.29) is 72.1 Å². The fourth-order valence-corrected chi connectivity index (χ4v) is 10.3. The van der Waals surface area contributed by atoms with Crippen molar-refractivity contribution in [3.05, 3.63) is 89.0 Å². The zero-order valence-corrected chi connectivity index (χ0v) is 37.2. The van der Waals surface area contributed by atoms with E-state index >= 15 is 0 Å². The van der Waals surface area contributed by atoms with Crippen molar-refractivity contribution >= 4 is 63.1 Å². The highest BCUT2D eigenvalue weighted by atomic mass is 32.2. The maximum Gasteiger partial charge on any atom is 0.266 e. The number of rotatable bonds is 19. The Balaban J connectivity index is 0.776. The number of carbonyl (C=O) groups is 7. The zero-order valence-electron chi connectivity index (χ0n) is 35.6. The Labute approximate surface area is 376 Å². The molecule has 3 saturated heterocycles. The number of piperidine rings is 1. The first-order valence-electron chi connectivity index (χ1n) is 21.6. The van der Waals surface area contributed by atoms with Gasteiger partial charge in [0, 0.05) is 44.3 Å². The van der Waals surface area contributed by atoms with E-state index in [0.29, 0.717) is 39.0 Å². The first-order valence-corrected chi connectivity index (χ1v) is 24.5. The van der Waals surface area contributed by atoms with Gasteiger partial charge in [-0.2, -0.15) is 0 Å². The van der Waals surface area contributed by atoms with E-state index < -0.39 is 45.6 Å². The van der Waals surface area contributed by atoms with E-state index in [0.717, 1.165) is 64.8 Å². The summed E-state index contributed by atoms with van der Waals surface area (Å²) in [6.07, 6.45) is 6.14. The van der Waals surface area contributed by atoms with Crippen LogP contribution in [0.3, 0.4) is 0 Å². The number of nitrogens with zero attached hydrogens (tertiary/aromatic N) is 2. The fraction of sp³-hybridized carbons (Fsp3) is 0.444. The summed E-state index contributed by atoms with van der Waals surface area (Å²) in [5.41, 5.74) is 4.04. The van der Waals surface area contributed by atoms with E-state index in [2.05, 4.69) is 38.7 Å². The largest absolute Gasteiger partial charge is 0.493 e. The van der Waals surface area contributed by atoms with Crippen LogP contribution in [-0.4, -0.2) is 109 Å². The predicted molar refractivity (Wildman–Crippen MR) is 238 cm³/mol. The lowest BCUT2D eigenvalue weighted by Gasteiger charge is -2.27. The highest BCUT2D eigenvalue weighted by molar-refractivity contribution is 8.00. The fourth-order valence-electron chi connectivity index (χ4n) is 8.29. The van der Waals surface area contributed by atoms with E-state index in [1.807, 2.05) is 36.4 Å². The van der Waals surface area contributed by atoms with Gasteiger partial charge in [0.25, 0.3) is 11.8 Å². The molecule has 4 atom stereocenters. The molecule has 7 rings (SSSR count). The molecule has 4 unspecified atom stereocenters. The van der Waals surface area contributed by atoms with E-state index in [1.165, 1.54) is 10.4 Å². The summed E-state index contributed by atoms with van der Waals surface area (Å²) < 4.78 is 30.7. The number of nitrogens with one attached hydrogen (secondary N) is 5. The Bertz CT molecular complexity index is 2410. The number of hydrogen-bond acceptors (Lipinski definition) is 12. The van der Waals surface area contributed by atoms with Crippen molar-refractivity contribution in [2.75, 3.05) is 38.2 Å². The second-order valence-electron chi connectivity index (χ2n) is 16.4. The minimum absolute atomic E-state index is 0.0158. The molecular weight excluding hydrogens is 863 g/mol. The first-order chi connectivity index (χ1) is 30.7. The third kappa shape index (κ3) is 11.5. The summed E-state index contributed by atoms with van der Waals surface area (Å²) in [6.45, 7) is 0.945. The number of sulfonamides is 1. The van der Waals surface area contributed by atoms with Crippen LogP contribution in [0.5, 0.6) is 5.75 Å². The molecule has 3 fully saturated rings. The van der Waals surface area contributed by atoms with Crippen molar-refractivity contribution in [2.45, 2.75) is 81.9 Å². The number of ether oxygens (including phenoxy) is 1. The van der Waals surface area contributed by atoms with Crippen molar-refractivity contribution in [1.29, 1.82) is 0 Å². The summed E-state index contributed by atoms with van der Waals surface area (Å²) in [5, 5.41) is 14.2. The van der Waals surface area contributed by atoms with Gasteiger partial charge in [-0.1, -0.05) is 61.7 Å². The lowest BCUT2D eigenvalue weighted by Crippen LogP contribution is -2.54. The Morgan fingerprint density at radius 3 is 2.39 bits per heavy atom. The molecular formula is C45H53N7O10S2. The molecule has 3 aromatic carbocycles. The lowest BCUT2D eigenvalue weighted by atomic mass is 9.98. The third-order valence-corrected chi connectivity index (χ3v) is 14.1. The Kier molecular flexibility index (Phi) is 15.1. The van der Waals surface area contributed by atoms with E-state index in [1.54, 1.807) is 23.9 Å². The minimum Gasteiger partial charge on any atom is -0.493 e. The molecule has 7 amide bonds. The molecule has 17 nitrogen and oxygen atoms in total. The lowest BCUT2D eigenvalue weighted by molar-refractivity contribution is -0.136. The molecule has 19 heteroatoms. The van der Waals surface area contributed by atoms with Crippen LogP contribution in [0.2, 0.25) is 0 Å². The van der Waals surface area contributed by atoms with Crippen molar-refractivity contribution < 1.29 is 46.7 Å². The van der Waals surface area contributed by atoms with Crippen LogP contribution in [0.15, 0.2) is 66.7 Å². The Morgan fingerprint density at radius 2 is 1.61 bits per heavy atom. The molecule has 0 radical (unpaired) electrons. The van der Waals surface area contributed by atoms with Gasteiger partial charge in [-0.25, -0.2) is 12.7 Å². The van der Waals surface area contributed by atoms with Crippen molar-refractivity contribution in [3.8, 4) is 16.9 Å². The highest BCUT2D eigenvalue weighted by Gasteiger charge is 2.46. The number of hydrogen-bond donors (Lipinski definition) is 5. The average molecular weight is 916 g/mol. The van der Waals surface area contributed by atoms with Gasteiger partial charge in [0.05, 0.1) is 36.5 Å². The smallest absolute Gasteiger partial charge is 0.266 e. The van der Waals surface area contributed by atoms with Gasteiger partial charge in [-0.05, 0) is 72.2 Å². The summed E-state index contributed by atoms with van der Waals surface area (Å²) in [7, 11) is -3.36. The van der Waals surface area contributed by atoms with Gasteiger partial charge in [-0.15, -0.1) is 11.8 Å². The Morgan fingerprint density at radius 1 is 0.859 bits per heavy atom. The van der Waals surface area contributed by atoms with Crippen molar-refractivity contribution in [3.63, 3.8) is 0 Å². The van der Waals surface area contributed by atoms with Crippen LogP contribution in [-0.2, 0) is 40.5 Å². The maximum absolute atomic E-state index is 13.3. The molecule has 4 heterocycles. The van der Waals surface area contributed by atoms with Crippen LogP contribution in [0, 0.1) is 5.92 Å². The number of unbranched alkanes of at least 4 members (excludes halogenated alkanes) is 4. The molecule has 0 aromatic heterocycles. The summed E-state index contributed by atoms with van der Waals surface area (Å²) in [4.78, 5) is 89.1. The van der Waals surface area contributed by atoms with Crippen LogP contribution in [0.1, 0.15) is 95.7 Å². The van der Waals surface area contributed by atoms with Gasteiger partial charge in [0.1, 0.15) is 17.3 Å². The van der Waals surface area contributed by atoms with Gasteiger partial charge < -0.3 is 20.7 Å². The molecule has 3 aromatic rings. The van der Waals surface area contributed by atoms with Gasteiger partial charge in [-0.3, -0.25) is 49.1 Å². The maximum atomic E-state index is 13.3. The molecule has 0 spiro atoms. The monoisotopic (exact) mass is 915 g/mol. The van der Waals surface area contributed by atoms with Gasteiger partial charge in [0.2, 0.25) is 39.6 Å². The molecule has 4 aliphatic heterocycles. The van der Waals surface area contributed by atoms with Crippen LogP contribution in [0.25, 0.3) is 11.1 Å². The topological polar surface area (TPSA) is 229 Å². The molecule has 340 valence electrons. The number of amides is 7. The second-order valence-corrected chi connectivity index (χ2v) is 19.5. The third-order valence-electron chi connectivity index (χ3n) is 11.8. The number of benzene rings is 3. The van der Waals surface area contributed by atoms with Gasteiger partial charge in [0.15, 0.2) is 0 Å². The molecule has 64 heavy (non-hydrogen) atoms. The molecule has 0 aliphatic carbocycles. The SMILES string of the molecule is CS(=O)(=O)N1CCC(C(=O)NCC(=O)NC2NC(c3cccc(-c4cccc(CNC(=O)CCCCCCCOc5cccc6c5C(=O)N(C5CCC(=O)NC5=O)C6=O)c4)c3)CS2)C1. The zero-order chi connectivity index (χ0) is 45.4. The van der Waals surface area contributed by atoms with Crippen LogP contribution < -0.4 is 31.3 Å². The number of fused-ring (bicyclic) bond motifs is 1. The van der Waals surface area contributed by atoms with Crippen molar-refractivity contribution in [2.24, 2.45) is 5.92 Å². The standard InChI is InChI=1S/C45H53N7O10S2/c1-64(60,61)51-20-19-32(26-51)41(56)47-25-39(55)50-45-48-34(27-63-45)31-13-8-12-30(23-31)29-11-7-10-28(22-29)24-46-37(53)16-5-3-2-4-6-21-62-36-15-9-14-33-40(36)44(59)52(43(33)58)35-17-18-38(54)49-42(35)57/h7-15,22-23,32,34-35,45,48H,2-6,16-21,24-27H2,1H3,(H,46,53)(H,47,56)(H,50,55)(H,49,54,57). The normalized spacial score (nSPS) is 21.1.